The number of aromatic carboxylic acids is 1. The van der Waals surface area contributed by atoms with E-state index in [0.29, 0.717) is 5.56 Å². The lowest BCUT2D eigenvalue weighted by Crippen LogP contribution is -2.20. The minimum atomic E-state index is -0.879. The number of hydrogen-bond acceptors (Lipinski definition) is 4. The van der Waals surface area contributed by atoms with Gasteiger partial charge < -0.3 is 9.84 Å². The van der Waals surface area contributed by atoms with Crippen molar-refractivity contribution < 1.29 is 24.2 Å². The van der Waals surface area contributed by atoms with Crippen LogP contribution in [0.15, 0.2) is 30.3 Å². The van der Waals surface area contributed by atoms with E-state index in [1.165, 1.54) is 0 Å². The van der Waals surface area contributed by atoms with Crippen molar-refractivity contribution >= 4 is 17.9 Å². The van der Waals surface area contributed by atoms with Crippen LogP contribution in [0.3, 0.4) is 0 Å². The second kappa shape index (κ2) is 12.4. The summed E-state index contributed by atoms with van der Waals surface area (Å²) < 4.78 is 4.67. The van der Waals surface area contributed by atoms with Gasteiger partial charge in [0.25, 0.3) is 0 Å². The van der Waals surface area contributed by atoms with Crippen LogP contribution in [0.5, 0.6) is 0 Å². The first kappa shape index (κ1) is 20.8. The molecule has 1 rings (SSSR count). The highest BCUT2D eigenvalue weighted by molar-refractivity contribution is 5.87. The normalized spacial score (nSPS) is 10.9. The predicted octanol–water partition coefficient (Wildman–Crippen LogP) is 4.07. The zero-order valence-electron chi connectivity index (χ0n) is 14.1. The smallest absolute Gasteiger partial charge is 0.335 e. The Morgan fingerprint density at radius 1 is 1.09 bits per heavy atom. The highest BCUT2D eigenvalue weighted by Gasteiger charge is 2.19. The number of carbonyl (C=O) groups excluding carboxylic acids is 2. The molecule has 1 atom stereocenters. The predicted molar refractivity (Wildman–Crippen MR) is 88.1 cm³/mol. The molecule has 0 heterocycles. The van der Waals surface area contributed by atoms with Crippen molar-refractivity contribution in [2.45, 2.75) is 52.9 Å². The third-order valence-corrected chi connectivity index (χ3v) is 3.26. The zero-order chi connectivity index (χ0) is 17.7. The Labute approximate surface area is 137 Å². The summed E-state index contributed by atoms with van der Waals surface area (Å²) in [5.74, 6) is -1.77. The van der Waals surface area contributed by atoms with E-state index in [4.69, 9.17) is 5.11 Å². The minimum Gasteiger partial charge on any atom is -0.478 e. The first-order chi connectivity index (χ1) is 11.0. The maximum atomic E-state index is 11.4. The fraction of sp³-hybridized carbons (Fsp3) is 0.500. The summed E-state index contributed by atoms with van der Waals surface area (Å²) in [6.07, 6.45) is 3.90. The summed E-state index contributed by atoms with van der Waals surface area (Å²) in [6, 6.07) is 8.30. The van der Waals surface area contributed by atoms with Crippen molar-refractivity contribution in [2.75, 3.05) is 0 Å². The Bertz CT molecular complexity index is 481. The average molecular weight is 322 g/mol. The van der Waals surface area contributed by atoms with Gasteiger partial charge in [0.1, 0.15) is 0 Å². The first-order valence-electron chi connectivity index (χ1n) is 7.98. The molecule has 0 bridgehead atoms. The van der Waals surface area contributed by atoms with Crippen LogP contribution < -0.4 is 0 Å². The lowest BCUT2D eigenvalue weighted by Gasteiger charge is -2.11. The maximum absolute atomic E-state index is 11.4. The Morgan fingerprint density at radius 3 is 2.09 bits per heavy atom. The van der Waals surface area contributed by atoms with Crippen molar-refractivity contribution in [1.82, 2.24) is 0 Å². The van der Waals surface area contributed by atoms with Gasteiger partial charge in [-0.15, -0.1) is 0 Å². The number of carboxylic acids is 1. The van der Waals surface area contributed by atoms with Crippen molar-refractivity contribution in [3.63, 3.8) is 0 Å². The third kappa shape index (κ3) is 9.45. The van der Waals surface area contributed by atoms with Gasteiger partial charge in [-0.25, -0.2) is 4.79 Å². The van der Waals surface area contributed by atoms with Crippen molar-refractivity contribution in [1.29, 1.82) is 0 Å². The number of esters is 2. The van der Waals surface area contributed by atoms with E-state index in [1.807, 2.05) is 6.92 Å². The Hall–Kier alpha value is -2.17. The van der Waals surface area contributed by atoms with Gasteiger partial charge >= 0.3 is 17.9 Å². The zero-order valence-corrected chi connectivity index (χ0v) is 14.1. The molecular weight excluding hydrogens is 296 g/mol. The topological polar surface area (TPSA) is 80.7 Å². The van der Waals surface area contributed by atoms with E-state index < -0.39 is 11.9 Å². The van der Waals surface area contributed by atoms with Crippen LogP contribution in [0.4, 0.5) is 0 Å². The van der Waals surface area contributed by atoms with Gasteiger partial charge in [0.05, 0.1) is 11.5 Å². The number of rotatable bonds is 7. The molecule has 0 saturated carbocycles. The van der Waals surface area contributed by atoms with Crippen LogP contribution in [0, 0.1) is 5.92 Å². The molecule has 23 heavy (non-hydrogen) atoms. The quantitative estimate of drug-likeness (QED) is 0.604. The van der Waals surface area contributed by atoms with E-state index in [9.17, 15) is 14.4 Å². The fourth-order valence-electron chi connectivity index (χ4n) is 1.79. The summed E-state index contributed by atoms with van der Waals surface area (Å²) in [4.78, 5) is 32.5. The molecule has 0 saturated heterocycles. The highest BCUT2D eigenvalue weighted by Crippen LogP contribution is 2.14. The molecule has 0 aliphatic rings. The fourth-order valence-corrected chi connectivity index (χ4v) is 1.79. The van der Waals surface area contributed by atoms with Gasteiger partial charge in [0.15, 0.2) is 0 Å². The van der Waals surface area contributed by atoms with E-state index in [2.05, 4.69) is 11.7 Å². The lowest BCUT2D eigenvalue weighted by molar-refractivity contribution is -0.162. The molecule has 1 N–H and O–H groups in total. The van der Waals surface area contributed by atoms with Gasteiger partial charge in [-0.05, 0) is 25.0 Å². The number of ether oxygens (including phenoxy) is 1. The lowest BCUT2D eigenvalue weighted by atomic mass is 10.00. The molecule has 1 aromatic carbocycles. The SMILES string of the molecule is CCCCC(CC)C(=O)OC(=O)CC.O=C(O)c1ccccc1. The number of unbranched alkanes of at least 4 members (excludes halogenated alkanes) is 1. The molecule has 0 aliphatic heterocycles. The number of hydrogen-bond donors (Lipinski definition) is 1. The van der Waals surface area contributed by atoms with Gasteiger partial charge in [0, 0.05) is 6.42 Å². The van der Waals surface area contributed by atoms with Crippen LogP contribution in [-0.4, -0.2) is 23.0 Å². The van der Waals surface area contributed by atoms with Crippen LogP contribution in [0.2, 0.25) is 0 Å². The molecule has 1 aromatic rings. The Kier molecular flexibility index (Phi) is 11.2. The van der Waals surface area contributed by atoms with Crippen LogP contribution in [0.1, 0.15) is 63.2 Å². The molecule has 0 spiro atoms. The second-order valence-electron chi connectivity index (χ2n) is 5.07. The summed E-state index contributed by atoms with van der Waals surface area (Å²) >= 11 is 0. The second-order valence-corrected chi connectivity index (χ2v) is 5.07. The number of benzene rings is 1. The van der Waals surface area contributed by atoms with Crippen molar-refractivity contribution in [2.24, 2.45) is 5.92 Å². The van der Waals surface area contributed by atoms with Crippen LogP contribution in [0.25, 0.3) is 0 Å². The number of carbonyl (C=O) groups is 3. The molecule has 0 aliphatic carbocycles. The summed E-state index contributed by atoms with van der Waals surface area (Å²) in [7, 11) is 0. The van der Waals surface area contributed by atoms with E-state index in [1.54, 1.807) is 37.3 Å². The summed E-state index contributed by atoms with van der Waals surface area (Å²) in [5, 5.41) is 8.38. The minimum absolute atomic E-state index is 0.106. The molecular formula is C18H26O5. The van der Waals surface area contributed by atoms with Crippen molar-refractivity contribution in [3.8, 4) is 0 Å². The molecule has 0 aromatic heterocycles. The average Bonchev–Trinajstić information content (AvgIpc) is 2.56. The van der Waals surface area contributed by atoms with Gasteiger partial charge in [-0.2, -0.15) is 0 Å². The van der Waals surface area contributed by atoms with Crippen LogP contribution in [-0.2, 0) is 14.3 Å². The van der Waals surface area contributed by atoms with Crippen molar-refractivity contribution in [3.05, 3.63) is 35.9 Å². The van der Waals surface area contributed by atoms with E-state index >= 15 is 0 Å². The third-order valence-electron chi connectivity index (χ3n) is 3.26. The molecule has 0 amide bonds. The largest absolute Gasteiger partial charge is 0.478 e. The number of carboxylic acid groups (broad SMARTS) is 1. The highest BCUT2D eigenvalue weighted by atomic mass is 16.6. The maximum Gasteiger partial charge on any atom is 0.335 e. The molecule has 5 heteroatoms. The Morgan fingerprint density at radius 2 is 1.70 bits per heavy atom. The van der Waals surface area contributed by atoms with Gasteiger partial charge in [-0.1, -0.05) is 51.8 Å². The Balaban J connectivity index is 0.000000459. The molecule has 128 valence electrons. The molecule has 0 fully saturated rings. The molecule has 0 radical (unpaired) electrons. The van der Waals surface area contributed by atoms with Gasteiger partial charge in [-0.3, -0.25) is 9.59 Å². The monoisotopic (exact) mass is 322 g/mol. The summed E-state index contributed by atoms with van der Waals surface area (Å²) in [6.45, 7) is 5.70. The van der Waals surface area contributed by atoms with E-state index in [-0.39, 0.29) is 18.3 Å². The van der Waals surface area contributed by atoms with E-state index in [0.717, 1.165) is 25.7 Å². The molecule has 1 unspecified atom stereocenters. The summed E-state index contributed by atoms with van der Waals surface area (Å²) in [5.41, 5.74) is 0.331. The van der Waals surface area contributed by atoms with Gasteiger partial charge in [0.2, 0.25) is 0 Å². The van der Waals surface area contributed by atoms with Crippen LogP contribution >= 0.6 is 0 Å². The molecule has 5 nitrogen and oxygen atoms in total. The standard InChI is InChI=1S/C11H20O3.C7H6O2/c1-4-7-8-9(5-2)11(13)14-10(12)6-3;8-7(9)6-4-2-1-3-5-6/h9H,4-8H2,1-3H3;1-5H,(H,8,9). The first-order valence-corrected chi connectivity index (χ1v) is 7.98.